The van der Waals surface area contributed by atoms with Crippen molar-refractivity contribution in [2.45, 2.75) is 112 Å². The van der Waals surface area contributed by atoms with E-state index < -0.39 is 0 Å². The fourth-order valence-corrected chi connectivity index (χ4v) is 9.83. The van der Waals surface area contributed by atoms with Gasteiger partial charge in [0, 0.05) is 35.8 Å². The number of likely N-dealkylation sites (tertiary alicyclic amines) is 1. The molecule has 8 unspecified atom stereocenters. The van der Waals surface area contributed by atoms with Gasteiger partial charge >= 0.3 is 5.97 Å². The molecule has 1 amide bonds. The van der Waals surface area contributed by atoms with Crippen LogP contribution in [0.3, 0.4) is 0 Å². The number of amides is 1. The largest absolute Gasteiger partial charge is 0.468 e. The Kier molecular flexibility index (Phi) is 8.18. The maximum absolute atomic E-state index is 13.7. The zero-order chi connectivity index (χ0) is 25.4. The smallest absolute Gasteiger partial charge is 0.318 e. The second-order valence-electron chi connectivity index (χ2n) is 12.1. The van der Waals surface area contributed by atoms with Gasteiger partial charge in [-0.15, -0.1) is 11.8 Å². The van der Waals surface area contributed by atoms with Crippen LogP contribution in [-0.4, -0.2) is 70.9 Å². The molecule has 0 bridgehead atoms. The molecule has 9 heteroatoms. The van der Waals surface area contributed by atoms with Crippen molar-refractivity contribution in [3.05, 3.63) is 0 Å². The molecule has 5 aliphatic rings. The number of nitrogens with two attached hydrogens (primary N) is 2. The summed E-state index contributed by atoms with van der Waals surface area (Å²) < 4.78 is 5.08. The summed E-state index contributed by atoms with van der Waals surface area (Å²) in [5.74, 6) is 2.01. The van der Waals surface area contributed by atoms with E-state index in [0.29, 0.717) is 34.9 Å². The summed E-state index contributed by atoms with van der Waals surface area (Å²) in [5.41, 5.74) is 12.1. The SMILES string of the molecule is COC(=O)C1CC2C(CN3C(C(=O)NC4CCC(N)CC4)CC4CCC(C(=N)N)CC43)CCCC2S1. The zero-order valence-electron chi connectivity index (χ0n) is 21.7. The molecule has 36 heavy (non-hydrogen) atoms. The highest BCUT2D eigenvalue weighted by Crippen LogP contribution is 2.51. The van der Waals surface area contributed by atoms with Gasteiger partial charge in [0.25, 0.3) is 0 Å². The molecule has 2 aliphatic heterocycles. The fourth-order valence-electron chi connectivity index (χ4n) is 8.03. The Bertz CT molecular complexity index is 834. The average Bonchev–Trinajstić information content (AvgIpc) is 3.47. The summed E-state index contributed by atoms with van der Waals surface area (Å²) in [7, 11) is 1.49. The highest BCUT2D eigenvalue weighted by atomic mass is 32.2. The molecule has 3 aliphatic carbocycles. The number of nitrogens with zero attached hydrogens (tertiary/aromatic N) is 1. The van der Waals surface area contributed by atoms with Crippen LogP contribution < -0.4 is 16.8 Å². The third kappa shape index (κ3) is 5.44. The van der Waals surface area contributed by atoms with Crippen LogP contribution in [0.2, 0.25) is 0 Å². The molecule has 0 aromatic heterocycles. The predicted molar refractivity (Wildman–Crippen MR) is 143 cm³/mol. The van der Waals surface area contributed by atoms with Crippen molar-refractivity contribution in [2.75, 3.05) is 13.7 Å². The number of carbonyl (C=O) groups is 2. The number of methoxy groups -OCH3 is 1. The van der Waals surface area contributed by atoms with Gasteiger partial charge in [-0.3, -0.25) is 19.9 Å². The number of nitrogens with one attached hydrogen (secondary N) is 2. The number of esters is 1. The quantitative estimate of drug-likeness (QED) is 0.241. The first-order valence-corrected chi connectivity index (χ1v) is 15.2. The molecule has 2 heterocycles. The van der Waals surface area contributed by atoms with Crippen LogP contribution >= 0.6 is 11.8 Å². The standard InChI is InChI=1S/C27H45N5O3S/c1-35-27(34)24-13-20-17(3-2-4-23(20)36-24)14-32-21-12-16(25(29)30)6-5-15(21)11-22(32)26(33)31-19-9-7-18(28)8-10-19/h15-24H,2-14,28H2,1H3,(H3,29,30)(H,31,33). The van der Waals surface area contributed by atoms with E-state index in [1.54, 1.807) is 0 Å². The Morgan fingerprint density at radius 1 is 1.06 bits per heavy atom. The van der Waals surface area contributed by atoms with Crippen LogP contribution in [-0.2, 0) is 14.3 Å². The molecule has 2 saturated heterocycles. The Labute approximate surface area is 219 Å². The van der Waals surface area contributed by atoms with Crippen LogP contribution in [0, 0.1) is 29.1 Å². The Balaban J connectivity index is 1.32. The maximum atomic E-state index is 13.7. The third-order valence-corrected chi connectivity index (χ3v) is 11.7. The third-order valence-electron chi connectivity index (χ3n) is 10.1. The molecule has 3 saturated carbocycles. The minimum absolute atomic E-state index is 0.0505. The summed E-state index contributed by atoms with van der Waals surface area (Å²) >= 11 is 1.82. The van der Waals surface area contributed by atoms with Gasteiger partial charge in [0.2, 0.25) is 5.91 Å². The minimum atomic E-state index is -0.104. The van der Waals surface area contributed by atoms with Crippen LogP contribution in [0.25, 0.3) is 0 Å². The van der Waals surface area contributed by atoms with Gasteiger partial charge in [0.05, 0.1) is 19.0 Å². The van der Waals surface area contributed by atoms with Crippen molar-refractivity contribution < 1.29 is 14.3 Å². The van der Waals surface area contributed by atoms with Gasteiger partial charge in [-0.05, 0) is 88.4 Å². The molecule has 6 N–H and O–H groups in total. The zero-order valence-corrected chi connectivity index (χ0v) is 22.5. The summed E-state index contributed by atoms with van der Waals surface area (Å²) in [6, 6.07) is 0.712. The van der Waals surface area contributed by atoms with Gasteiger partial charge < -0.3 is 21.5 Å². The molecule has 202 valence electrons. The second kappa shape index (κ2) is 11.2. The molecule has 0 spiro atoms. The number of amidine groups is 1. The molecular weight excluding hydrogens is 474 g/mol. The van der Waals surface area contributed by atoms with Crippen LogP contribution in [0.4, 0.5) is 0 Å². The van der Waals surface area contributed by atoms with E-state index in [0.717, 1.165) is 70.8 Å². The molecule has 0 aromatic rings. The second-order valence-corrected chi connectivity index (χ2v) is 13.6. The summed E-state index contributed by atoms with van der Waals surface area (Å²) in [6.45, 7) is 0.912. The summed E-state index contributed by atoms with van der Waals surface area (Å²) in [4.78, 5) is 28.5. The first kappa shape index (κ1) is 26.3. The number of rotatable bonds is 6. The highest BCUT2D eigenvalue weighted by molar-refractivity contribution is 8.01. The van der Waals surface area contributed by atoms with Gasteiger partial charge in [0.1, 0.15) is 5.25 Å². The van der Waals surface area contributed by atoms with Crippen molar-refractivity contribution in [3.63, 3.8) is 0 Å². The van der Waals surface area contributed by atoms with Gasteiger partial charge in [-0.2, -0.15) is 0 Å². The monoisotopic (exact) mass is 519 g/mol. The number of hydrogen-bond donors (Lipinski definition) is 4. The number of fused-ring (bicyclic) bond motifs is 2. The normalized spacial score (nSPS) is 42.8. The van der Waals surface area contributed by atoms with E-state index in [1.165, 1.54) is 20.0 Å². The number of thioether (sulfide) groups is 1. The fraction of sp³-hybridized carbons (Fsp3) is 0.889. The van der Waals surface area contributed by atoms with Gasteiger partial charge in [0.15, 0.2) is 0 Å². The van der Waals surface area contributed by atoms with E-state index in [1.807, 2.05) is 11.8 Å². The van der Waals surface area contributed by atoms with Gasteiger partial charge in [-0.1, -0.05) is 6.42 Å². The van der Waals surface area contributed by atoms with E-state index in [9.17, 15) is 9.59 Å². The Hall–Kier alpha value is -1.32. The van der Waals surface area contributed by atoms with E-state index >= 15 is 0 Å². The minimum Gasteiger partial charge on any atom is -0.468 e. The van der Waals surface area contributed by atoms with Crippen molar-refractivity contribution in [3.8, 4) is 0 Å². The first-order valence-electron chi connectivity index (χ1n) is 14.2. The Morgan fingerprint density at radius 2 is 1.83 bits per heavy atom. The molecule has 0 radical (unpaired) electrons. The molecule has 8 nitrogen and oxygen atoms in total. The Morgan fingerprint density at radius 3 is 2.56 bits per heavy atom. The van der Waals surface area contributed by atoms with Crippen molar-refractivity contribution >= 4 is 29.5 Å². The predicted octanol–water partition coefficient (Wildman–Crippen LogP) is 2.63. The van der Waals surface area contributed by atoms with Gasteiger partial charge in [-0.25, -0.2) is 0 Å². The van der Waals surface area contributed by atoms with E-state index in [4.69, 9.17) is 21.6 Å². The lowest BCUT2D eigenvalue weighted by Gasteiger charge is -2.42. The maximum Gasteiger partial charge on any atom is 0.318 e. The average molecular weight is 520 g/mol. The molecular formula is C27H45N5O3S. The summed E-state index contributed by atoms with van der Waals surface area (Å²) in [6.07, 6.45) is 12.1. The van der Waals surface area contributed by atoms with E-state index in [-0.39, 0.29) is 41.2 Å². The number of hydrogen-bond acceptors (Lipinski definition) is 7. The molecule has 8 atom stereocenters. The van der Waals surface area contributed by atoms with Crippen molar-refractivity contribution in [1.82, 2.24) is 10.2 Å². The molecule has 5 rings (SSSR count). The van der Waals surface area contributed by atoms with Crippen LogP contribution in [0.1, 0.15) is 77.0 Å². The van der Waals surface area contributed by atoms with Crippen LogP contribution in [0.15, 0.2) is 0 Å². The van der Waals surface area contributed by atoms with E-state index in [2.05, 4.69) is 10.2 Å². The summed E-state index contributed by atoms with van der Waals surface area (Å²) in [5, 5.41) is 11.9. The lowest BCUT2D eigenvalue weighted by molar-refractivity contribution is -0.140. The highest BCUT2D eigenvalue weighted by Gasteiger charge is 2.51. The van der Waals surface area contributed by atoms with Crippen molar-refractivity contribution in [1.29, 1.82) is 5.41 Å². The number of carbonyl (C=O) groups excluding carboxylic acids is 2. The number of ether oxygens (including phenoxy) is 1. The first-order chi connectivity index (χ1) is 17.3. The topological polar surface area (TPSA) is 135 Å². The molecule has 5 fully saturated rings. The molecule has 0 aromatic carbocycles. The lowest BCUT2D eigenvalue weighted by atomic mass is 9.75. The van der Waals surface area contributed by atoms with Crippen molar-refractivity contribution in [2.24, 2.45) is 35.1 Å². The van der Waals surface area contributed by atoms with Crippen LogP contribution in [0.5, 0.6) is 0 Å². The lowest BCUT2D eigenvalue weighted by Crippen LogP contribution is -2.53.